The minimum absolute atomic E-state index is 0.00542. The average Bonchev–Trinajstić information content (AvgIpc) is 2.30. The third-order valence-electron chi connectivity index (χ3n) is 3.29. The number of unbranched alkanes of at least 4 members (excludes halogenated alkanes) is 1. The van der Waals surface area contributed by atoms with Gasteiger partial charge < -0.3 is 10.6 Å². The number of nitrogens with zero attached hydrogens (tertiary/aromatic N) is 1. The Balaban J connectivity index is 4.53. The smallest absolute Gasteiger partial charge is 0.227 e. The summed E-state index contributed by atoms with van der Waals surface area (Å²) in [5.74, 6) is 0.249. The van der Waals surface area contributed by atoms with Crippen molar-refractivity contribution in [2.24, 2.45) is 11.7 Å². The van der Waals surface area contributed by atoms with Crippen LogP contribution in [0.5, 0.6) is 0 Å². The molecule has 96 valence electrons. The summed E-state index contributed by atoms with van der Waals surface area (Å²) in [5.41, 5.74) is 5.64. The summed E-state index contributed by atoms with van der Waals surface area (Å²) < 4.78 is 0. The Kier molecular flexibility index (Phi) is 8.26. The van der Waals surface area contributed by atoms with Crippen molar-refractivity contribution in [2.75, 3.05) is 13.1 Å². The lowest BCUT2D eigenvalue weighted by atomic mass is 10.0. The third kappa shape index (κ3) is 4.52. The van der Waals surface area contributed by atoms with Crippen LogP contribution in [0.25, 0.3) is 0 Å². The summed E-state index contributed by atoms with van der Waals surface area (Å²) in [6, 6.07) is 0.333. The van der Waals surface area contributed by atoms with E-state index in [-0.39, 0.29) is 11.8 Å². The Hall–Kier alpha value is -0.570. The van der Waals surface area contributed by atoms with Crippen molar-refractivity contribution in [3.05, 3.63) is 0 Å². The summed E-state index contributed by atoms with van der Waals surface area (Å²) >= 11 is 0. The van der Waals surface area contributed by atoms with E-state index in [1.807, 2.05) is 11.8 Å². The van der Waals surface area contributed by atoms with Crippen molar-refractivity contribution in [3.63, 3.8) is 0 Å². The van der Waals surface area contributed by atoms with Gasteiger partial charge in [-0.15, -0.1) is 0 Å². The van der Waals surface area contributed by atoms with E-state index in [2.05, 4.69) is 20.8 Å². The molecule has 0 saturated heterocycles. The van der Waals surface area contributed by atoms with Crippen molar-refractivity contribution >= 4 is 5.91 Å². The second-order valence-electron chi connectivity index (χ2n) is 4.48. The van der Waals surface area contributed by atoms with E-state index in [1.165, 1.54) is 0 Å². The van der Waals surface area contributed by atoms with Gasteiger partial charge >= 0.3 is 0 Å². The van der Waals surface area contributed by atoms with Gasteiger partial charge in [-0.05, 0) is 26.2 Å². The normalized spacial score (nSPS) is 14.6. The van der Waals surface area contributed by atoms with E-state index >= 15 is 0 Å². The molecule has 0 aromatic heterocycles. The predicted octanol–water partition coefficient (Wildman–Crippen LogP) is 2.40. The third-order valence-corrected chi connectivity index (χ3v) is 3.29. The van der Waals surface area contributed by atoms with Gasteiger partial charge in [0.1, 0.15) is 0 Å². The second-order valence-corrected chi connectivity index (χ2v) is 4.48. The first-order valence-electron chi connectivity index (χ1n) is 6.62. The largest absolute Gasteiger partial charge is 0.340 e. The Bertz CT molecular complexity index is 190. The Morgan fingerprint density at radius 3 is 2.25 bits per heavy atom. The summed E-state index contributed by atoms with van der Waals surface area (Å²) in [6.07, 6.45) is 4.06. The Morgan fingerprint density at radius 2 is 1.88 bits per heavy atom. The van der Waals surface area contributed by atoms with Gasteiger partial charge in [0.15, 0.2) is 0 Å². The van der Waals surface area contributed by atoms with Crippen molar-refractivity contribution in [3.8, 4) is 0 Å². The molecule has 2 unspecified atom stereocenters. The lowest BCUT2D eigenvalue weighted by molar-refractivity contribution is -0.137. The quantitative estimate of drug-likeness (QED) is 0.693. The minimum atomic E-state index is 0.00542. The van der Waals surface area contributed by atoms with Gasteiger partial charge in [0, 0.05) is 19.1 Å². The zero-order chi connectivity index (χ0) is 12.6. The monoisotopic (exact) mass is 228 g/mol. The van der Waals surface area contributed by atoms with Gasteiger partial charge in [-0.1, -0.05) is 27.2 Å². The van der Waals surface area contributed by atoms with E-state index in [0.717, 1.165) is 32.2 Å². The maximum atomic E-state index is 12.3. The van der Waals surface area contributed by atoms with Crippen LogP contribution < -0.4 is 5.73 Å². The number of hydrogen-bond acceptors (Lipinski definition) is 2. The molecule has 0 saturated carbocycles. The van der Waals surface area contributed by atoms with E-state index in [1.54, 1.807) is 0 Å². The molecular formula is C13H28N2O. The first-order chi connectivity index (χ1) is 7.62. The Labute approximate surface area is 100 Å². The highest BCUT2D eigenvalue weighted by Crippen LogP contribution is 2.13. The molecular weight excluding hydrogens is 200 g/mol. The zero-order valence-corrected chi connectivity index (χ0v) is 11.3. The van der Waals surface area contributed by atoms with Crippen LogP contribution >= 0.6 is 0 Å². The lowest BCUT2D eigenvalue weighted by Gasteiger charge is -2.31. The van der Waals surface area contributed by atoms with E-state index in [0.29, 0.717) is 12.6 Å². The van der Waals surface area contributed by atoms with Crippen LogP contribution in [0.4, 0.5) is 0 Å². The zero-order valence-electron chi connectivity index (χ0n) is 11.3. The molecule has 1 amide bonds. The topological polar surface area (TPSA) is 46.3 Å². The van der Waals surface area contributed by atoms with Crippen molar-refractivity contribution in [1.29, 1.82) is 0 Å². The molecule has 0 fully saturated rings. The van der Waals surface area contributed by atoms with Crippen LogP contribution in [0.2, 0.25) is 0 Å². The highest BCUT2D eigenvalue weighted by molar-refractivity contribution is 5.79. The molecule has 0 aliphatic carbocycles. The van der Waals surface area contributed by atoms with E-state index < -0.39 is 0 Å². The van der Waals surface area contributed by atoms with Crippen molar-refractivity contribution < 1.29 is 4.79 Å². The fourth-order valence-corrected chi connectivity index (χ4v) is 1.77. The highest BCUT2D eigenvalue weighted by atomic mass is 16.2. The first-order valence-corrected chi connectivity index (χ1v) is 6.62. The number of carbonyl (C=O) groups excluding carboxylic acids is 1. The maximum Gasteiger partial charge on any atom is 0.227 e. The van der Waals surface area contributed by atoms with Gasteiger partial charge in [-0.25, -0.2) is 0 Å². The van der Waals surface area contributed by atoms with Gasteiger partial charge in [-0.2, -0.15) is 0 Å². The molecule has 0 rings (SSSR count). The van der Waals surface area contributed by atoms with E-state index in [9.17, 15) is 4.79 Å². The summed E-state index contributed by atoms with van der Waals surface area (Å²) in [5, 5.41) is 0. The number of nitrogens with two attached hydrogens (primary N) is 1. The second kappa shape index (κ2) is 8.57. The predicted molar refractivity (Wildman–Crippen MR) is 69.2 cm³/mol. The number of amides is 1. The molecule has 2 atom stereocenters. The van der Waals surface area contributed by atoms with E-state index in [4.69, 9.17) is 5.73 Å². The lowest BCUT2D eigenvalue weighted by Crippen LogP contribution is -2.44. The van der Waals surface area contributed by atoms with Gasteiger partial charge in [0.25, 0.3) is 0 Å². The highest BCUT2D eigenvalue weighted by Gasteiger charge is 2.24. The van der Waals surface area contributed by atoms with Crippen LogP contribution in [0, 0.1) is 5.92 Å². The van der Waals surface area contributed by atoms with Crippen LogP contribution in [0.3, 0.4) is 0 Å². The first kappa shape index (κ1) is 15.4. The number of rotatable bonds is 8. The molecule has 0 heterocycles. The van der Waals surface area contributed by atoms with Crippen LogP contribution in [-0.2, 0) is 4.79 Å². The summed E-state index contributed by atoms with van der Waals surface area (Å²) in [7, 11) is 0. The molecule has 2 N–H and O–H groups in total. The SMILES string of the molecule is CCCCN(C(=O)C(CC)CN)C(C)CC. The molecule has 3 nitrogen and oxygen atoms in total. The number of hydrogen-bond donors (Lipinski definition) is 1. The molecule has 0 radical (unpaired) electrons. The fourth-order valence-electron chi connectivity index (χ4n) is 1.77. The van der Waals surface area contributed by atoms with Crippen LogP contribution in [0.15, 0.2) is 0 Å². The Morgan fingerprint density at radius 1 is 1.25 bits per heavy atom. The molecule has 0 aliphatic rings. The molecule has 0 bridgehead atoms. The molecule has 3 heteroatoms. The molecule has 0 aliphatic heterocycles. The van der Waals surface area contributed by atoms with Gasteiger partial charge in [0.05, 0.1) is 5.92 Å². The molecule has 16 heavy (non-hydrogen) atoms. The fraction of sp³-hybridized carbons (Fsp3) is 0.923. The van der Waals surface area contributed by atoms with Gasteiger partial charge in [-0.3, -0.25) is 4.79 Å². The molecule has 0 aromatic carbocycles. The van der Waals surface area contributed by atoms with Gasteiger partial charge in [0.2, 0.25) is 5.91 Å². The van der Waals surface area contributed by atoms with Crippen molar-refractivity contribution in [1.82, 2.24) is 4.90 Å². The summed E-state index contributed by atoms with van der Waals surface area (Å²) in [6.45, 7) is 9.77. The maximum absolute atomic E-state index is 12.3. The van der Waals surface area contributed by atoms with Crippen LogP contribution in [0.1, 0.15) is 53.4 Å². The number of carbonyl (C=O) groups is 1. The van der Waals surface area contributed by atoms with Crippen LogP contribution in [-0.4, -0.2) is 29.9 Å². The molecule has 0 spiro atoms. The minimum Gasteiger partial charge on any atom is -0.340 e. The standard InChI is InChI=1S/C13H28N2O/c1-5-8-9-15(11(4)6-2)13(16)12(7-3)10-14/h11-12H,5-10,14H2,1-4H3. The average molecular weight is 228 g/mol. The summed E-state index contributed by atoms with van der Waals surface area (Å²) in [4.78, 5) is 14.3. The van der Waals surface area contributed by atoms with Crippen molar-refractivity contribution in [2.45, 2.75) is 59.4 Å². The molecule has 0 aromatic rings.